The van der Waals surface area contributed by atoms with E-state index in [9.17, 15) is 9.90 Å². The van der Waals surface area contributed by atoms with Crippen molar-refractivity contribution in [2.45, 2.75) is 90.1 Å². The van der Waals surface area contributed by atoms with Crippen molar-refractivity contribution < 1.29 is 9.90 Å². The minimum Gasteiger partial charge on any atom is -0.508 e. The van der Waals surface area contributed by atoms with Crippen LogP contribution in [0.15, 0.2) is 48.9 Å². The van der Waals surface area contributed by atoms with Crippen LogP contribution in [-0.2, 0) is 24.3 Å². The summed E-state index contributed by atoms with van der Waals surface area (Å²) >= 11 is 0. The lowest BCUT2D eigenvalue weighted by molar-refractivity contribution is -0.120. The van der Waals surface area contributed by atoms with Gasteiger partial charge < -0.3 is 10.0 Å². The number of nitrogens with zero attached hydrogens (tertiary/aromatic N) is 4. The minimum atomic E-state index is -0.275. The molecular weight excluding hydrogens is 448 g/mol. The molecule has 0 saturated heterocycles. The Morgan fingerprint density at radius 2 is 1.92 bits per heavy atom. The van der Waals surface area contributed by atoms with Gasteiger partial charge in [0.05, 0.1) is 30.5 Å². The van der Waals surface area contributed by atoms with Gasteiger partial charge in [-0.2, -0.15) is 5.10 Å². The number of aromatic nitrogens is 3. The Bertz CT molecular complexity index is 1180. The number of phenols is 1. The Morgan fingerprint density at radius 1 is 1.08 bits per heavy atom. The summed E-state index contributed by atoms with van der Waals surface area (Å²) < 4.78 is 2.06. The van der Waals surface area contributed by atoms with E-state index < -0.39 is 0 Å². The predicted molar refractivity (Wildman–Crippen MR) is 142 cm³/mol. The van der Waals surface area contributed by atoms with Gasteiger partial charge in [-0.1, -0.05) is 45.2 Å². The van der Waals surface area contributed by atoms with Crippen LogP contribution in [0, 0.1) is 5.92 Å². The molecule has 2 heterocycles. The molecule has 1 N–H and O–H groups in total. The van der Waals surface area contributed by atoms with Crippen molar-refractivity contribution in [2.75, 3.05) is 4.90 Å². The van der Waals surface area contributed by atoms with Crippen LogP contribution in [0.1, 0.15) is 93.0 Å². The molecule has 2 aromatic heterocycles. The predicted octanol–water partition coefficient (Wildman–Crippen LogP) is 6.34. The van der Waals surface area contributed by atoms with Gasteiger partial charge in [-0.25, -0.2) is 0 Å². The fraction of sp³-hybridized carbons (Fsp3) is 0.500. The highest BCUT2D eigenvalue weighted by Crippen LogP contribution is 2.38. The molecule has 1 saturated carbocycles. The molecule has 3 aromatic rings. The van der Waals surface area contributed by atoms with Gasteiger partial charge in [0.2, 0.25) is 5.91 Å². The number of amides is 1. The Hall–Kier alpha value is -3.15. The van der Waals surface area contributed by atoms with Crippen molar-refractivity contribution in [2.24, 2.45) is 5.92 Å². The highest BCUT2D eigenvalue weighted by atomic mass is 16.3. The lowest BCUT2D eigenvalue weighted by Crippen LogP contribution is -2.36. The summed E-state index contributed by atoms with van der Waals surface area (Å²) in [7, 11) is 0. The second kappa shape index (κ2) is 10.9. The molecule has 6 heteroatoms. The van der Waals surface area contributed by atoms with E-state index in [1.54, 1.807) is 6.07 Å². The van der Waals surface area contributed by atoms with Crippen molar-refractivity contribution in [1.82, 2.24) is 14.8 Å². The van der Waals surface area contributed by atoms with Gasteiger partial charge in [0.1, 0.15) is 5.75 Å². The van der Waals surface area contributed by atoms with Crippen LogP contribution in [-0.4, -0.2) is 25.8 Å². The summed E-state index contributed by atoms with van der Waals surface area (Å²) in [6.45, 7) is 5.65. The molecule has 6 nitrogen and oxygen atoms in total. The molecule has 0 bridgehead atoms. The van der Waals surface area contributed by atoms with Crippen molar-refractivity contribution in [1.29, 1.82) is 0 Å². The zero-order valence-corrected chi connectivity index (χ0v) is 21.6. The van der Waals surface area contributed by atoms with Crippen LogP contribution in [0.4, 0.5) is 5.69 Å². The van der Waals surface area contributed by atoms with E-state index in [1.165, 1.54) is 32.1 Å². The SMILES string of the molecule is CC(C)c1ccc(N(Cc2cnn(CC3CCCCC3)c2)C(=O)C2CCCc3c(O)cccc32)cn1. The molecule has 1 fully saturated rings. The quantitative estimate of drug-likeness (QED) is 0.423. The molecule has 1 atom stereocenters. The molecule has 1 aromatic carbocycles. The van der Waals surface area contributed by atoms with Crippen molar-refractivity contribution >= 4 is 11.6 Å². The molecule has 0 radical (unpaired) electrons. The van der Waals surface area contributed by atoms with E-state index in [1.807, 2.05) is 41.6 Å². The summed E-state index contributed by atoms with van der Waals surface area (Å²) in [5, 5.41) is 15.1. The first-order valence-electron chi connectivity index (χ1n) is 13.6. The number of phenolic OH excluding ortho intramolecular Hbond substituents is 1. The Morgan fingerprint density at radius 3 is 2.67 bits per heavy atom. The third-order valence-corrected chi connectivity index (χ3v) is 7.92. The maximum absolute atomic E-state index is 14.1. The summed E-state index contributed by atoms with van der Waals surface area (Å²) in [5.41, 5.74) is 4.71. The molecule has 1 unspecified atom stereocenters. The minimum absolute atomic E-state index is 0.0562. The average molecular weight is 487 g/mol. The van der Waals surface area contributed by atoms with Crippen LogP contribution in [0.2, 0.25) is 0 Å². The van der Waals surface area contributed by atoms with E-state index in [0.29, 0.717) is 24.1 Å². The molecule has 5 rings (SSSR count). The van der Waals surface area contributed by atoms with Gasteiger partial charge >= 0.3 is 0 Å². The van der Waals surface area contributed by atoms with E-state index in [0.717, 1.165) is 53.9 Å². The number of carbonyl (C=O) groups excluding carboxylic acids is 1. The zero-order chi connectivity index (χ0) is 25.1. The monoisotopic (exact) mass is 486 g/mol. The lowest BCUT2D eigenvalue weighted by atomic mass is 9.81. The van der Waals surface area contributed by atoms with Crippen LogP contribution in [0.3, 0.4) is 0 Å². The number of pyridine rings is 1. The van der Waals surface area contributed by atoms with E-state index in [-0.39, 0.29) is 11.8 Å². The van der Waals surface area contributed by atoms with Gasteiger partial charge in [-0.3, -0.25) is 14.5 Å². The molecule has 1 amide bonds. The standard InChI is InChI=1S/C30H38N4O2/c1-21(2)28-15-14-24(17-31-28)34(20-23-16-32-33(19-23)18-22-8-4-3-5-9-22)30(36)27-12-6-11-26-25(27)10-7-13-29(26)35/h7,10,13-17,19,21-22,27,35H,3-6,8-9,11-12,18,20H2,1-2H3. The van der Waals surface area contributed by atoms with Crippen LogP contribution < -0.4 is 4.90 Å². The van der Waals surface area contributed by atoms with Gasteiger partial charge in [-0.15, -0.1) is 0 Å². The van der Waals surface area contributed by atoms with Gasteiger partial charge in [0.15, 0.2) is 0 Å². The summed E-state index contributed by atoms with van der Waals surface area (Å²) in [4.78, 5) is 20.6. The number of benzene rings is 1. The molecule has 36 heavy (non-hydrogen) atoms. The Labute approximate surface area is 214 Å². The highest BCUT2D eigenvalue weighted by Gasteiger charge is 2.32. The fourth-order valence-corrected chi connectivity index (χ4v) is 5.87. The summed E-state index contributed by atoms with van der Waals surface area (Å²) in [6.07, 6.45) is 14.9. The lowest BCUT2D eigenvalue weighted by Gasteiger charge is -2.31. The maximum atomic E-state index is 14.1. The Kier molecular flexibility index (Phi) is 7.40. The summed E-state index contributed by atoms with van der Waals surface area (Å²) in [6, 6.07) is 9.60. The number of anilines is 1. The number of carbonyl (C=O) groups is 1. The van der Waals surface area contributed by atoms with Gasteiger partial charge in [0.25, 0.3) is 0 Å². The highest BCUT2D eigenvalue weighted by molar-refractivity contribution is 5.98. The molecule has 2 aliphatic rings. The normalized spacial score (nSPS) is 18.2. The van der Waals surface area contributed by atoms with Crippen molar-refractivity contribution in [3.63, 3.8) is 0 Å². The first-order valence-corrected chi connectivity index (χ1v) is 13.6. The molecule has 0 spiro atoms. The molecular formula is C30H38N4O2. The molecule has 2 aliphatic carbocycles. The maximum Gasteiger partial charge on any atom is 0.234 e. The molecule has 0 aliphatic heterocycles. The van der Waals surface area contributed by atoms with Crippen molar-refractivity contribution in [3.05, 3.63) is 71.3 Å². The number of rotatable bonds is 7. The van der Waals surface area contributed by atoms with Crippen LogP contribution in [0.25, 0.3) is 0 Å². The van der Waals surface area contributed by atoms with Crippen LogP contribution in [0.5, 0.6) is 5.75 Å². The second-order valence-corrected chi connectivity index (χ2v) is 10.9. The number of fused-ring (bicyclic) bond motifs is 1. The van der Waals surface area contributed by atoms with Crippen LogP contribution >= 0.6 is 0 Å². The fourth-order valence-electron chi connectivity index (χ4n) is 5.87. The smallest absolute Gasteiger partial charge is 0.234 e. The first-order chi connectivity index (χ1) is 17.5. The average Bonchev–Trinajstić information content (AvgIpc) is 3.34. The zero-order valence-electron chi connectivity index (χ0n) is 21.6. The van der Waals surface area contributed by atoms with Crippen molar-refractivity contribution in [3.8, 4) is 5.75 Å². The Balaban J connectivity index is 1.42. The third-order valence-electron chi connectivity index (χ3n) is 7.92. The topological polar surface area (TPSA) is 71.2 Å². The van der Waals surface area contributed by atoms with E-state index in [2.05, 4.69) is 34.8 Å². The summed E-state index contributed by atoms with van der Waals surface area (Å²) in [5.74, 6) is 1.10. The molecule has 190 valence electrons. The number of hydrogen-bond donors (Lipinski definition) is 1. The number of aromatic hydroxyl groups is 1. The van der Waals surface area contributed by atoms with Gasteiger partial charge in [-0.05, 0) is 73.3 Å². The number of hydrogen-bond acceptors (Lipinski definition) is 4. The van der Waals surface area contributed by atoms with E-state index in [4.69, 9.17) is 0 Å². The van der Waals surface area contributed by atoms with Gasteiger partial charge in [0, 0.05) is 24.0 Å². The van der Waals surface area contributed by atoms with E-state index >= 15 is 0 Å². The second-order valence-electron chi connectivity index (χ2n) is 10.9. The first kappa shape index (κ1) is 24.5. The third kappa shape index (κ3) is 5.32. The largest absolute Gasteiger partial charge is 0.508 e.